The Kier molecular flexibility index (Phi) is 6.87. The average molecular weight is 371 g/mol. The summed E-state index contributed by atoms with van der Waals surface area (Å²) in [7, 11) is 1.59. The Hall–Kier alpha value is -1.56. The number of amides is 2. The summed E-state index contributed by atoms with van der Waals surface area (Å²) in [5, 5.41) is 5.53. The van der Waals surface area contributed by atoms with Gasteiger partial charge < -0.3 is 15.4 Å². The van der Waals surface area contributed by atoms with Gasteiger partial charge in [-0.15, -0.1) is 0 Å². The minimum absolute atomic E-state index is 0.107. The van der Waals surface area contributed by atoms with Gasteiger partial charge in [0.2, 0.25) is 11.8 Å². The van der Waals surface area contributed by atoms with Crippen LogP contribution in [-0.4, -0.2) is 30.3 Å². The molecule has 1 rings (SSSR count). The molecule has 0 radical (unpaired) electrons. The Labute approximate surface area is 139 Å². The first kappa shape index (κ1) is 18.5. The summed E-state index contributed by atoms with van der Waals surface area (Å²) in [6, 6.07) is 7.08. The van der Waals surface area contributed by atoms with Crippen molar-refractivity contribution in [1.29, 1.82) is 0 Å². The zero-order valence-electron chi connectivity index (χ0n) is 13.4. The lowest BCUT2D eigenvalue weighted by Gasteiger charge is -2.24. The highest BCUT2D eigenvalue weighted by Crippen LogP contribution is 2.25. The van der Waals surface area contributed by atoms with Gasteiger partial charge >= 0.3 is 0 Å². The largest absolute Gasteiger partial charge is 0.497 e. The van der Waals surface area contributed by atoms with E-state index in [1.54, 1.807) is 31.4 Å². The fourth-order valence-corrected chi connectivity index (χ4v) is 1.84. The third kappa shape index (κ3) is 6.05. The van der Waals surface area contributed by atoms with Crippen molar-refractivity contribution in [3.8, 4) is 5.75 Å². The van der Waals surface area contributed by atoms with E-state index in [0.717, 1.165) is 5.75 Å². The number of hydrogen-bond donors (Lipinski definition) is 2. The third-order valence-corrected chi connectivity index (χ3v) is 4.80. The van der Waals surface area contributed by atoms with Crippen LogP contribution in [0.5, 0.6) is 5.75 Å². The molecule has 0 aromatic heterocycles. The Morgan fingerprint density at radius 2 is 1.82 bits per heavy atom. The molecule has 0 bridgehead atoms. The maximum absolute atomic E-state index is 11.9. The van der Waals surface area contributed by atoms with Crippen molar-refractivity contribution in [2.45, 2.75) is 32.0 Å². The molecular weight excluding hydrogens is 348 g/mol. The predicted octanol–water partition coefficient (Wildman–Crippen LogP) is 2.95. The van der Waals surface area contributed by atoms with Gasteiger partial charge in [-0.1, -0.05) is 36.7 Å². The van der Waals surface area contributed by atoms with E-state index in [2.05, 4.69) is 26.6 Å². The minimum Gasteiger partial charge on any atom is -0.497 e. The Morgan fingerprint density at radius 3 is 2.32 bits per heavy atom. The standard InChI is InChI=1S/C16H23BrN2O3/c1-16(2,3)14(17)15(21)18-10-9-13(20)19-11-5-7-12(22-4)8-6-11/h5-8,14H,9-10H2,1-4H3,(H,18,21)(H,19,20). The lowest BCUT2D eigenvalue weighted by Crippen LogP contribution is -2.39. The van der Waals surface area contributed by atoms with Gasteiger partial charge in [0, 0.05) is 18.7 Å². The molecule has 0 heterocycles. The van der Waals surface area contributed by atoms with Gasteiger partial charge in [-0.2, -0.15) is 0 Å². The quantitative estimate of drug-likeness (QED) is 0.756. The molecule has 2 N–H and O–H groups in total. The van der Waals surface area contributed by atoms with Gasteiger partial charge in [0.05, 0.1) is 11.9 Å². The number of hydrogen-bond acceptors (Lipinski definition) is 3. The van der Waals surface area contributed by atoms with Gasteiger partial charge in [0.1, 0.15) is 5.75 Å². The van der Waals surface area contributed by atoms with Crippen LogP contribution < -0.4 is 15.4 Å². The number of rotatable bonds is 6. The number of carbonyl (C=O) groups is 2. The molecule has 0 aliphatic rings. The molecule has 1 aromatic rings. The maximum Gasteiger partial charge on any atom is 0.234 e. The molecule has 0 saturated heterocycles. The molecule has 0 fully saturated rings. The third-order valence-electron chi connectivity index (χ3n) is 3.02. The van der Waals surface area contributed by atoms with E-state index in [9.17, 15) is 9.59 Å². The predicted molar refractivity (Wildman–Crippen MR) is 91.4 cm³/mol. The normalized spacial score (nSPS) is 12.4. The lowest BCUT2D eigenvalue weighted by atomic mass is 9.92. The number of halogens is 1. The molecule has 5 nitrogen and oxygen atoms in total. The summed E-state index contributed by atoms with van der Waals surface area (Å²) in [6.07, 6.45) is 0.224. The Morgan fingerprint density at radius 1 is 1.23 bits per heavy atom. The summed E-state index contributed by atoms with van der Waals surface area (Å²) in [5.74, 6) is 0.480. The molecule has 1 atom stereocenters. The van der Waals surface area contributed by atoms with Crippen LogP contribution in [0.15, 0.2) is 24.3 Å². The van der Waals surface area contributed by atoms with Crippen molar-refractivity contribution in [3.05, 3.63) is 24.3 Å². The van der Waals surface area contributed by atoms with Gasteiger partial charge in [-0.05, 0) is 29.7 Å². The van der Waals surface area contributed by atoms with Gasteiger partial charge in [0.15, 0.2) is 0 Å². The summed E-state index contributed by atoms with van der Waals surface area (Å²) >= 11 is 3.37. The van der Waals surface area contributed by atoms with Crippen LogP contribution in [0.1, 0.15) is 27.2 Å². The van der Waals surface area contributed by atoms with Crippen LogP contribution in [0, 0.1) is 5.41 Å². The Balaban J connectivity index is 2.35. The summed E-state index contributed by atoms with van der Waals surface area (Å²) in [6.45, 7) is 6.23. The van der Waals surface area contributed by atoms with Crippen molar-refractivity contribution >= 4 is 33.4 Å². The molecule has 0 aliphatic carbocycles. The van der Waals surface area contributed by atoms with Crippen LogP contribution in [0.25, 0.3) is 0 Å². The van der Waals surface area contributed by atoms with Crippen LogP contribution in [0.2, 0.25) is 0 Å². The first-order valence-electron chi connectivity index (χ1n) is 7.09. The number of ether oxygens (including phenoxy) is 1. The monoisotopic (exact) mass is 370 g/mol. The van der Waals surface area contributed by atoms with Crippen LogP contribution in [0.4, 0.5) is 5.69 Å². The highest BCUT2D eigenvalue weighted by atomic mass is 79.9. The summed E-state index contributed by atoms with van der Waals surface area (Å²) < 4.78 is 5.05. The van der Waals surface area contributed by atoms with Crippen molar-refractivity contribution < 1.29 is 14.3 Å². The van der Waals surface area contributed by atoms with E-state index in [1.165, 1.54) is 0 Å². The number of benzene rings is 1. The number of alkyl halides is 1. The number of methoxy groups -OCH3 is 1. The first-order chi connectivity index (χ1) is 10.2. The van der Waals surface area contributed by atoms with Crippen LogP contribution in [0.3, 0.4) is 0 Å². The minimum atomic E-state index is -0.287. The second-order valence-corrected chi connectivity index (χ2v) is 6.96. The van der Waals surface area contributed by atoms with E-state index in [1.807, 2.05) is 20.8 Å². The molecule has 0 saturated carbocycles. The number of anilines is 1. The zero-order valence-corrected chi connectivity index (χ0v) is 15.0. The average Bonchev–Trinajstić information content (AvgIpc) is 2.46. The molecule has 122 valence electrons. The smallest absolute Gasteiger partial charge is 0.234 e. The topological polar surface area (TPSA) is 67.4 Å². The maximum atomic E-state index is 11.9. The SMILES string of the molecule is COc1ccc(NC(=O)CCNC(=O)C(Br)C(C)(C)C)cc1. The number of nitrogens with one attached hydrogen (secondary N) is 2. The van der Waals surface area contributed by atoms with E-state index in [0.29, 0.717) is 12.2 Å². The van der Waals surface area contributed by atoms with E-state index in [4.69, 9.17) is 4.74 Å². The van der Waals surface area contributed by atoms with Crippen molar-refractivity contribution in [2.24, 2.45) is 5.41 Å². The van der Waals surface area contributed by atoms with Crippen LogP contribution >= 0.6 is 15.9 Å². The summed E-state index contributed by atoms with van der Waals surface area (Å²) in [5.41, 5.74) is 0.528. The van der Waals surface area contributed by atoms with Crippen LogP contribution in [-0.2, 0) is 9.59 Å². The Bertz CT molecular complexity index is 509. The second kappa shape index (κ2) is 8.17. The van der Waals surface area contributed by atoms with E-state index >= 15 is 0 Å². The molecule has 1 aromatic carbocycles. The van der Waals surface area contributed by atoms with Gasteiger partial charge in [-0.3, -0.25) is 9.59 Å². The second-order valence-electron chi connectivity index (χ2n) is 6.05. The highest BCUT2D eigenvalue weighted by molar-refractivity contribution is 9.10. The van der Waals surface area contributed by atoms with Crippen molar-refractivity contribution in [3.63, 3.8) is 0 Å². The summed E-state index contributed by atoms with van der Waals surface area (Å²) in [4.78, 5) is 23.4. The fourth-order valence-electron chi connectivity index (χ4n) is 1.68. The lowest BCUT2D eigenvalue weighted by molar-refractivity contribution is -0.122. The molecule has 22 heavy (non-hydrogen) atoms. The molecule has 0 aliphatic heterocycles. The zero-order chi connectivity index (χ0) is 16.8. The van der Waals surface area contributed by atoms with Gasteiger partial charge in [0.25, 0.3) is 0 Å². The van der Waals surface area contributed by atoms with Crippen molar-refractivity contribution in [1.82, 2.24) is 5.32 Å². The van der Waals surface area contributed by atoms with Gasteiger partial charge in [-0.25, -0.2) is 0 Å². The molecular formula is C16H23BrN2O3. The molecule has 2 amide bonds. The highest BCUT2D eigenvalue weighted by Gasteiger charge is 2.28. The van der Waals surface area contributed by atoms with Crippen molar-refractivity contribution in [2.75, 3.05) is 19.0 Å². The molecule has 0 spiro atoms. The van der Waals surface area contributed by atoms with E-state index < -0.39 is 0 Å². The molecule has 6 heteroatoms. The first-order valence-corrected chi connectivity index (χ1v) is 8.01. The molecule has 1 unspecified atom stereocenters. The number of carbonyl (C=O) groups excluding carboxylic acids is 2. The fraction of sp³-hybridized carbons (Fsp3) is 0.500. The van der Waals surface area contributed by atoms with E-state index in [-0.39, 0.29) is 28.5 Å².